The second kappa shape index (κ2) is 5.45. The smallest absolute Gasteiger partial charge is 0.255 e. The third-order valence-corrected chi connectivity index (χ3v) is 3.15. The minimum atomic E-state index is -0.0249. The van der Waals surface area contributed by atoms with E-state index in [1.54, 1.807) is 6.20 Å². The molecule has 0 atom stereocenters. The fourth-order valence-corrected chi connectivity index (χ4v) is 2.13. The highest BCUT2D eigenvalue weighted by atomic mass is 16.1. The van der Waals surface area contributed by atoms with Crippen molar-refractivity contribution in [3.8, 4) is 0 Å². The first-order chi connectivity index (χ1) is 9.84. The molecule has 0 saturated carbocycles. The van der Waals surface area contributed by atoms with Crippen LogP contribution in [0.5, 0.6) is 0 Å². The van der Waals surface area contributed by atoms with Crippen LogP contribution in [0.15, 0.2) is 77.9 Å². The maximum Gasteiger partial charge on any atom is 0.255 e. The summed E-state index contributed by atoms with van der Waals surface area (Å²) in [6.07, 6.45) is 3.61. The molecule has 98 valence electrons. The van der Waals surface area contributed by atoms with Crippen LogP contribution in [0.4, 0.5) is 0 Å². The molecule has 2 aromatic carbocycles. The number of rotatable bonds is 0. The molecule has 3 heteroatoms. The molecule has 3 nitrogen and oxygen atoms in total. The molecule has 0 saturated heterocycles. The van der Waals surface area contributed by atoms with E-state index in [-0.39, 0.29) is 5.56 Å². The number of benzene rings is 2. The van der Waals surface area contributed by atoms with E-state index in [1.165, 1.54) is 10.9 Å². The molecular weight excluding hydrogens is 248 g/mol. The fraction of sp³-hybridized carbons (Fsp3) is 0. The van der Waals surface area contributed by atoms with E-state index in [2.05, 4.69) is 28.2 Å². The summed E-state index contributed by atoms with van der Waals surface area (Å²) in [5.41, 5.74) is 1.18. The van der Waals surface area contributed by atoms with Gasteiger partial charge in [0, 0.05) is 23.3 Å². The summed E-state index contributed by atoms with van der Waals surface area (Å²) in [7, 11) is 0. The summed E-state index contributed by atoms with van der Waals surface area (Å²) in [6, 6.07) is 19.7. The SMILES string of the molecule is O=c1[nH]ccc2ccccc12.c1ccc2[nH]ccc2c1. The van der Waals surface area contributed by atoms with E-state index in [0.717, 1.165) is 10.8 Å². The van der Waals surface area contributed by atoms with Crippen molar-refractivity contribution < 1.29 is 0 Å². The summed E-state index contributed by atoms with van der Waals surface area (Å²) >= 11 is 0. The Morgan fingerprint density at radius 3 is 2.10 bits per heavy atom. The molecule has 20 heavy (non-hydrogen) atoms. The number of aromatic nitrogens is 2. The Morgan fingerprint density at radius 1 is 0.650 bits per heavy atom. The molecule has 4 aromatic rings. The molecule has 0 aliphatic carbocycles. The van der Waals surface area contributed by atoms with Crippen molar-refractivity contribution in [2.75, 3.05) is 0 Å². The van der Waals surface area contributed by atoms with Gasteiger partial charge in [-0.1, -0.05) is 36.4 Å². The van der Waals surface area contributed by atoms with Crippen molar-refractivity contribution in [3.05, 3.63) is 83.4 Å². The Morgan fingerprint density at radius 2 is 1.30 bits per heavy atom. The van der Waals surface area contributed by atoms with Crippen LogP contribution in [0.25, 0.3) is 21.7 Å². The lowest BCUT2D eigenvalue weighted by atomic mass is 10.2. The Kier molecular flexibility index (Phi) is 3.33. The van der Waals surface area contributed by atoms with E-state index >= 15 is 0 Å². The maximum absolute atomic E-state index is 11.1. The van der Waals surface area contributed by atoms with Crippen LogP contribution in [-0.4, -0.2) is 9.97 Å². The monoisotopic (exact) mass is 262 g/mol. The first-order valence-corrected chi connectivity index (χ1v) is 6.43. The zero-order valence-electron chi connectivity index (χ0n) is 10.8. The molecule has 0 aliphatic heterocycles. The second-order valence-electron chi connectivity index (χ2n) is 4.46. The Hall–Kier alpha value is -2.81. The highest BCUT2D eigenvalue weighted by Crippen LogP contribution is 2.09. The first-order valence-electron chi connectivity index (χ1n) is 6.43. The Bertz CT molecular complexity index is 854. The van der Waals surface area contributed by atoms with Gasteiger partial charge in [0.05, 0.1) is 0 Å². The highest BCUT2D eigenvalue weighted by Gasteiger charge is 1.92. The molecule has 0 bridgehead atoms. The van der Waals surface area contributed by atoms with Gasteiger partial charge in [0.1, 0.15) is 0 Å². The molecule has 2 heterocycles. The molecule has 4 rings (SSSR count). The van der Waals surface area contributed by atoms with Crippen LogP contribution in [0.1, 0.15) is 0 Å². The van der Waals surface area contributed by atoms with E-state index < -0.39 is 0 Å². The average Bonchev–Trinajstić information content (AvgIpc) is 2.97. The molecule has 2 aromatic heterocycles. The van der Waals surface area contributed by atoms with Gasteiger partial charge in [0.25, 0.3) is 5.56 Å². The van der Waals surface area contributed by atoms with Crippen molar-refractivity contribution in [1.82, 2.24) is 9.97 Å². The van der Waals surface area contributed by atoms with Gasteiger partial charge in [-0.25, -0.2) is 0 Å². The molecule has 0 radical (unpaired) electrons. The molecule has 0 aliphatic rings. The minimum absolute atomic E-state index is 0.0249. The van der Waals surface area contributed by atoms with Gasteiger partial charge >= 0.3 is 0 Å². The average molecular weight is 262 g/mol. The van der Waals surface area contributed by atoms with Gasteiger partial charge in [-0.15, -0.1) is 0 Å². The Labute approximate surface area is 115 Å². The van der Waals surface area contributed by atoms with Gasteiger partial charge in [0.15, 0.2) is 0 Å². The van der Waals surface area contributed by atoms with Crippen molar-refractivity contribution in [1.29, 1.82) is 0 Å². The van der Waals surface area contributed by atoms with Crippen molar-refractivity contribution >= 4 is 21.7 Å². The molecule has 0 unspecified atom stereocenters. The lowest BCUT2D eigenvalue weighted by molar-refractivity contribution is 1.28. The standard InChI is InChI=1S/C9H7NO.C8H7N/c11-9-8-4-2-1-3-7(8)5-6-10-9;1-2-4-8-7(3-1)5-6-9-8/h1-6H,(H,10,11);1-6,9H. The van der Waals surface area contributed by atoms with Crippen molar-refractivity contribution in [3.63, 3.8) is 0 Å². The van der Waals surface area contributed by atoms with Crippen LogP contribution in [0, 0.1) is 0 Å². The van der Waals surface area contributed by atoms with Gasteiger partial charge in [-0.05, 0) is 35.0 Å². The fourth-order valence-electron chi connectivity index (χ4n) is 2.13. The maximum atomic E-state index is 11.1. The number of para-hydroxylation sites is 1. The van der Waals surface area contributed by atoms with E-state index in [9.17, 15) is 4.79 Å². The molecule has 2 N–H and O–H groups in total. The lowest BCUT2D eigenvalue weighted by Gasteiger charge is -1.92. The van der Waals surface area contributed by atoms with Crippen LogP contribution in [0.2, 0.25) is 0 Å². The number of fused-ring (bicyclic) bond motifs is 2. The van der Waals surface area contributed by atoms with E-state index in [1.807, 2.05) is 48.7 Å². The predicted octanol–water partition coefficient (Wildman–Crippen LogP) is 3.70. The molecule has 0 fully saturated rings. The summed E-state index contributed by atoms with van der Waals surface area (Å²) < 4.78 is 0. The number of pyridine rings is 1. The summed E-state index contributed by atoms with van der Waals surface area (Å²) in [5, 5.41) is 3.00. The minimum Gasteiger partial charge on any atom is -0.361 e. The van der Waals surface area contributed by atoms with Crippen LogP contribution < -0.4 is 5.56 Å². The van der Waals surface area contributed by atoms with E-state index in [4.69, 9.17) is 0 Å². The van der Waals surface area contributed by atoms with Gasteiger partial charge in [0.2, 0.25) is 0 Å². The number of H-pyrrole nitrogens is 2. The van der Waals surface area contributed by atoms with Crippen molar-refractivity contribution in [2.45, 2.75) is 0 Å². The topological polar surface area (TPSA) is 48.6 Å². The normalized spacial score (nSPS) is 10.2. The summed E-state index contributed by atoms with van der Waals surface area (Å²) in [4.78, 5) is 16.9. The van der Waals surface area contributed by atoms with Crippen LogP contribution in [0.3, 0.4) is 0 Å². The quantitative estimate of drug-likeness (QED) is 0.499. The van der Waals surface area contributed by atoms with Gasteiger partial charge in [-0.3, -0.25) is 4.79 Å². The van der Waals surface area contributed by atoms with Gasteiger partial charge in [-0.2, -0.15) is 0 Å². The third-order valence-electron chi connectivity index (χ3n) is 3.15. The molecular formula is C17H14N2O. The van der Waals surface area contributed by atoms with Gasteiger partial charge < -0.3 is 9.97 Å². The van der Waals surface area contributed by atoms with Crippen molar-refractivity contribution in [2.24, 2.45) is 0 Å². The third kappa shape index (κ3) is 2.47. The summed E-state index contributed by atoms with van der Waals surface area (Å²) in [6.45, 7) is 0. The zero-order valence-corrected chi connectivity index (χ0v) is 10.8. The highest BCUT2D eigenvalue weighted by molar-refractivity contribution is 5.81. The largest absolute Gasteiger partial charge is 0.361 e. The predicted molar refractivity (Wildman–Crippen MR) is 82.9 cm³/mol. The first kappa shape index (κ1) is 12.2. The zero-order chi connectivity index (χ0) is 13.8. The number of aromatic amines is 2. The Balaban J connectivity index is 0.000000123. The van der Waals surface area contributed by atoms with Crippen LogP contribution in [-0.2, 0) is 0 Å². The number of hydrogen-bond donors (Lipinski definition) is 2. The van der Waals surface area contributed by atoms with Crippen LogP contribution >= 0.6 is 0 Å². The second-order valence-corrected chi connectivity index (χ2v) is 4.46. The molecule has 0 amide bonds. The lowest BCUT2D eigenvalue weighted by Crippen LogP contribution is -2.03. The molecule has 0 spiro atoms. The van der Waals surface area contributed by atoms with E-state index in [0.29, 0.717) is 0 Å². The number of hydrogen-bond acceptors (Lipinski definition) is 1. The summed E-state index contributed by atoms with van der Waals surface area (Å²) in [5.74, 6) is 0. The number of nitrogens with one attached hydrogen (secondary N) is 2.